The maximum Gasteiger partial charge on any atom is 0.407 e. The van der Waals surface area contributed by atoms with Crippen molar-refractivity contribution in [3.8, 4) is 0 Å². The van der Waals surface area contributed by atoms with E-state index in [0.717, 1.165) is 31.9 Å². The summed E-state index contributed by atoms with van der Waals surface area (Å²) in [6.45, 7) is 16.0. The first-order chi connectivity index (χ1) is 13.6. The molecule has 1 atom stereocenters. The van der Waals surface area contributed by atoms with Crippen molar-refractivity contribution < 1.29 is 19.0 Å². The zero-order valence-electron chi connectivity index (χ0n) is 20.2. The number of amides is 1. The summed E-state index contributed by atoms with van der Waals surface area (Å²) < 4.78 is 15.8. The molecule has 0 aromatic rings. The Labute approximate surface area is 200 Å². The van der Waals surface area contributed by atoms with Gasteiger partial charge in [0.05, 0.1) is 13.2 Å². The highest BCUT2D eigenvalue weighted by atomic mass is 127. The molecule has 0 aromatic heterocycles. The van der Waals surface area contributed by atoms with Crippen LogP contribution >= 0.6 is 24.0 Å². The van der Waals surface area contributed by atoms with Crippen molar-refractivity contribution in [1.29, 1.82) is 0 Å². The van der Waals surface area contributed by atoms with Crippen molar-refractivity contribution in [3.05, 3.63) is 0 Å². The van der Waals surface area contributed by atoms with Crippen LogP contribution in [0.3, 0.4) is 0 Å². The summed E-state index contributed by atoms with van der Waals surface area (Å²) in [5.74, 6) is 1.17. The number of carbonyl (C=O) groups is 1. The molecule has 0 spiro atoms. The number of methoxy groups -OCH3 is 1. The molecule has 9 heteroatoms. The molecule has 0 saturated heterocycles. The Morgan fingerprint density at radius 1 is 1.17 bits per heavy atom. The quantitative estimate of drug-likeness (QED) is 0.160. The van der Waals surface area contributed by atoms with Crippen LogP contribution in [0.25, 0.3) is 0 Å². The Balaban J connectivity index is 0. The predicted octanol–water partition coefficient (Wildman–Crippen LogP) is 3.49. The molecular weight excluding hydrogens is 499 g/mol. The SMILES string of the molecule is CCNC(=NCCCOCCOC)N(C)CCC(NC(=O)OC(C)(C)C)C(C)C.I. The largest absolute Gasteiger partial charge is 0.444 e. The molecule has 0 bridgehead atoms. The van der Waals surface area contributed by atoms with Gasteiger partial charge in [0.2, 0.25) is 0 Å². The Morgan fingerprint density at radius 3 is 2.37 bits per heavy atom. The molecule has 0 heterocycles. The van der Waals surface area contributed by atoms with Gasteiger partial charge in [-0.1, -0.05) is 13.8 Å². The van der Waals surface area contributed by atoms with Gasteiger partial charge in [-0.05, 0) is 46.5 Å². The number of ether oxygens (including phenoxy) is 3. The number of aliphatic imine (C=N–C) groups is 1. The topological polar surface area (TPSA) is 84.4 Å². The van der Waals surface area contributed by atoms with Gasteiger partial charge in [-0.3, -0.25) is 4.99 Å². The van der Waals surface area contributed by atoms with Crippen LogP contribution in [0.5, 0.6) is 0 Å². The van der Waals surface area contributed by atoms with E-state index in [2.05, 4.69) is 41.3 Å². The molecule has 0 aliphatic rings. The highest BCUT2D eigenvalue weighted by molar-refractivity contribution is 14.0. The maximum atomic E-state index is 12.1. The minimum atomic E-state index is -0.499. The molecule has 2 N–H and O–H groups in total. The predicted molar refractivity (Wildman–Crippen MR) is 134 cm³/mol. The maximum absolute atomic E-state index is 12.1. The zero-order chi connectivity index (χ0) is 22.3. The number of halogens is 1. The lowest BCUT2D eigenvalue weighted by Crippen LogP contribution is -2.45. The van der Waals surface area contributed by atoms with E-state index in [-0.39, 0.29) is 36.1 Å². The van der Waals surface area contributed by atoms with Gasteiger partial charge >= 0.3 is 6.09 Å². The first-order valence-corrected chi connectivity index (χ1v) is 10.7. The number of rotatable bonds is 13. The monoisotopic (exact) mass is 544 g/mol. The number of alkyl carbamates (subject to hydrolysis) is 1. The number of guanidine groups is 1. The van der Waals surface area contributed by atoms with E-state index in [1.54, 1.807) is 7.11 Å². The third kappa shape index (κ3) is 16.9. The number of carbonyl (C=O) groups excluding carboxylic acids is 1. The highest BCUT2D eigenvalue weighted by Crippen LogP contribution is 2.11. The molecule has 1 amide bonds. The number of hydrogen-bond donors (Lipinski definition) is 2. The molecule has 0 aromatic carbocycles. The molecule has 180 valence electrons. The van der Waals surface area contributed by atoms with Gasteiger partial charge < -0.3 is 29.7 Å². The van der Waals surface area contributed by atoms with E-state index >= 15 is 0 Å². The normalized spacial score (nSPS) is 12.9. The lowest BCUT2D eigenvalue weighted by atomic mass is 10.0. The fraction of sp³-hybridized carbons (Fsp3) is 0.905. The van der Waals surface area contributed by atoms with Crippen LogP contribution in [0.4, 0.5) is 4.79 Å². The fourth-order valence-corrected chi connectivity index (χ4v) is 2.54. The van der Waals surface area contributed by atoms with E-state index in [0.29, 0.717) is 32.3 Å². The Hall–Kier alpha value is -0.810. The second-order valence-corrected chi connectivity index (χ2v) is 8.40. The third-order valence-electron chi connectivity index (χ3n) is 4.12. The molecule has 0 aliphatic carbocycles. The molecule has 0 radical (unpaired) electrons. The summed E-state index contributed by atoms with van der Waals surface area (Å²) in [5, 5.41) is 6.32. The van der Waals surface area contributed by atoms with Crippen molar-refractivity contribution >= 4 is 36.0 Å². The summed E-state index contributed by atoms with van der Waals surface area (Å²) in [5.41, 5.74) is -0.499. The van der Waals surface area contributed by atoms with Crippen molar-refractivity contribution in [2.45, 2.75) is 66.0 Å². The van der Waals surface area contributed by atoms with Gasteiger partial charge in [-0.25, -0.2) is 4.79 Å². The minimum absolute atomic E-state index is 0. The smallest absolute Gasteiger partial charge is 0.407 e. The number of nitrogens with zero attached hydrogens (tertiary/aromatic N) is 2. The lowest BCUT2D eigenvalue weighted by molar-refractivity contribution is 0.0486. The van der Waals surface area contributed by atoms with Crippen LogP contribution in [0.1, 0.15) is 54.4 Å². The Morgan fingerprint density at radius 2 is 1.83 bits per heavy atom. The van der Waals surface area contributed by atoms with Gasteiger partial charge in [0.25, 0.3) is 0 Å². The molecule has 0 aliphatic heterocycles. The first-order valence-electron chi connectivity index (χ1n) is 10.7. The van der Waals surface area contributed by atoms with Crippen LogP contribution in [-0.4, -0.2) is 82.2 Å². The van der Waals surface area contributed by atoms with Crippen LogP contribution in [0, 0.1) is 5.92 Å². The van der Waals surface area contributed by atoms with Crippen LogP contribution in [-0.2, 0) is 14.2 Å². The molecule has 30 heavy (non-hydrogen) atoms. The summed E-state index contributed by atoms with van der Waals surface area (Å²) in [7, 11) is 3.68. The molecule has 0 rings (SSSR count). The standard InChI is InChI=1S/C21H44N4O4.HI/c1-9-22-19(23-12-10-14-28-16-15-27-8)25(7)13-11-18(17(2)3)24-20(26)29-21(4,5)6;/h17-18H,9-16H2,1-8H3,(H,22,23)(H,24,26);1H. The molecular formula is C21H45IN4O4. The summed E-state index contributed by atoms with van der Waals surface area (Å²) >= 11 is 0. The zero-order valence-corrected chi connectivity index (χ0v) is 22.6. The van der Waals surface area contributed by atoms with Gasteiger partial charge in [0, 0.05) is 46.4 Å². The molecule has 0 fully saturated rings. The van der Waals surface area contributed by atoms with E-state index in [1.165, 1.54) is 0 Å². The van der Waals surface area contributed by atoms with Crippen molar-refractivity contribution in [2.24, 2.45) is 10.9 Å². The first kappa shape index (κ1) is 31.4. The Kier molecular flexibility index (Phi) is 18.6. The van der Waals surface area contributed by atoms with E-state index in [1.807, 2.05) is 27.8 Å². The van der Waals surface area contributed by atoms with E-state index in [9.17, 15) is 4.79 Å². The summed E-state index contributed by atoms with van der Waals surface area (Å²) in [6.07, 6.45) is 1.30. The van der Waals surface area contributed by atoms with Crippen LogP contribution in [0.15, 0.2) is 4.99 Å². The average Bonchev–Trinajstić information content (AvgIpc) is 2.61. The van der Waals surface area contributed by atoms with Crippen molar-refractivity contribution in [3.63, 3.8) is 0 Å². The van der Waals surface area contributed by atoms with E-state index in [4.69, 9.17) is 14.2 Å². The summed E-state index contributed by atoms with van der Waals surface area (Å²) in [6, 6.07) is 0.0318. The molecule has 8 nitrogen and oxygen atoms in total. The van der Waals surface area contributed by atoms with Gasteiger partial charge in [0.15, 0.2) is 5.96 Å². The fourth-order valence-electron chi connectivity index (χ4n) is 2.54. The Bertz CT molecular complexity index is 470. The van der Waals surface area contributed by atoms with Crippen LogP contribution in [0.2, 0.25) is 0 Å². The third-order valence-corrected chi connectivity index (χ3v) is 4.12. The number of nitrogens with one attached hydrogen (secondary N) is 2. The summed E-state index contributed by atoms with van der Waals surface area (Å²) in [4.78, 5) is 18.9. The minimum Gasteiger partial charge on any atom is -0.444 e. The molecule has 1 unspecified atom stereocenters. The molecule has 0 saturated carbocycles. The van der Waals surface area contributed by atoms with Crippen molar-refractivity contribution in [2.75, 3.05) is 53.6 Å². The average molecular weight is 545 g/mol. The second kappa shape index (κ2) is 17.8. The highest BCUT2D eigenvalue weighted by Gasteiger charge is 2.22. The van der Waals surface area contributed by atoms with Gasteiger partial charge in [0.1, 0.15) is 5.60 Å². The second-order valence-electron chi connectivity index (χ2n) is 8.40. The van der Waals surface area contributed by atoms with Gasteiger partial charge in [-0.15, -0.1) is 24.0 Å². The number of hydrogen-bond acceptors (Lipinski definition) is 5. The van der Waals surface area contributed by atoms with Gasteiger partial charge in [-0.2, -0.15) is 0 Å². The van der Waals surface area contributed by atoms with Crippen molar-refractivity contribution in [1.82, 2.24) is 15.5 Å². The lowest BCUT2D eigenvalue weighted by Gasteiger charge is -2.28. The van der Waals surface area contributed by atoms with Crippen LogP contribution < -0.4 is 10.6 Å². The van der Waals surface area contributed by atoms with E-state index < -0.39 is 5.60 Å².